The van der Waals surface area contributed by atoms with Gasteiger partial charge in [0.15, 0.2) is 0 Å². The van der Waals surface area contributed by atoms with Crippen LogP contribution in [0.5, 0.6) is 0 Å². The number of benzene rings is 1. The van der Waals surface area contributed by atoms with Gasteiger partial charge in [0.05, 0.1) is 5.69 Å². The zero-order chi connectivity index (χ0) is 15.8. The molecule has 0 heterocycles. The Morgan fingerprint density at radius 2 is 2.00 bits per heavy atom. The molecule has 0 aliphatic heterocycles. The number of hydrogen-bond donors (Lipinski definition) is 4. The van der Waals surface area contributed by atoms with E-state index in [4.69, 9.17) is 10.8 Å². The average Bonchev–Trinajstić information content (AvgIpc) is 2.43. The Morgan fingerprint density at radius 1 is 1.33 bits per heavy atom. The lowest BCUT2D eigenvalue weighted by Gasteiger charge is -2.15. The van der Waals surface area contributed by atoms with Crippen LogP contribution < -0.4 is 16.4 Å². The van der Waals surface area contributed by atoms with Gasteiger partial charge in [0.25, 0.3) is 0 Å². The molecule has 1 aromatic rings. The van der Waals surface area contributed by atoms with E-state index in [1.54, 1.807) is 12.1 Å². The number of urea groups is 1. The van der Waals surface area contributed by atoms with E-state index in [0.29, 0.717) is 5.69 Å². The summed E-state index contributed by atoms with van der Waals surface area (Å²) in [6, 6.07) is 5.33. The summed E-state index contributed by atoms with van der Waals surface area (Å²) in [5, 5.41) is 13.9. The summed E-state index contributed by atoms with van der Waals surface area (Å²) in [6.45, 7) is 0. The van der Waals surface area contributed by atoms with Gasteiger partial charge in [-0.25, -0.2) is 9.59 Å². The van der Waals surface area contributed by atoms with Gasteiger partial charge in [-0.3, -0.25) is 4.79 Å². The average molecular weight is 311 g/mol. The maximum Gasteiger partial charge on any atom is 0.326 e. The van der Waals surface area contributed by atoms with E-state index in [0.717, 1.165) is 4.90 Å². The lowest BCUT2D eigenvalue weighted by Crippen LogP contribution is -2.43. The van der Waals surface area contributed by atoms with Crippen LogP contribution in [0.15, 0.2) is 29.2 Å². The lowest BCUT2D eigenvalue weighted by molar-refractivity contribution is -0.139. The van der Waals surface area contributed by atoms with Crippen molar-refractivity contribution < 1.29 is 19.5 Å². The molecule has 0 fully saturated rings. The number of rotatable bonds is 7. The van der Waals surface area contributed by atoms with Gasteiger partial charge in [0.1, 0.15) is 6.04 Å². The van der Waals surface area contributed by atoms with Crippen LogP contribution in [0, 0.1) is 0 Å². The molecule has 8 heteroatoms. The first-order valence-electron chi connectivity index (χ1n) is 6.15. The van der Waals surface area contributed by atoms with Crippen molar-refractivity contribution in [3.63, 3.8) is 0 Å². The Hall–Kier alpha value is -2.22. The molecule has 0 unspecified atom stereocenters. The Kier molecular flexibility index (Phi) is 6.54. The van der Waals surface area contributed by atoms with Gasteiger partial charge in [-0.15, -0.1) is 11.8 Å². The molecule has 0 bridgehead atoms. The molecule has 7 nitrogen and oxygen atoms in total. The van der Waals surface area contributed by atoms with Gasteiger partial charge < -0.3 is 21.5 Å². The monoisotopic (exact) mass is 311 g/mol. The molecule has 0 aliphatic rings. The quantitative estimate of drug-likeness (QED) is 0.565. The predicted octanol–water partition coefficient (Wildman–Crippen LogP) is 1.25. The summed E-state index contributed by atoms with van der Waals surface area (Å²) in [6.07, 6.45) is 1.70. The van der Waals surface area contributed by atoms with Gasteiger partial charge in [0.2, 0.25) is 5.91 Å². The second-order valence-corrected chi connectivity index (χ2v) is 5.04. The number of anilines is 1. The Balaban J connectivity index is 2.65. The Bertz CT molecular complexity index is 536. The van der Waals surface area contributed by atoms with E-state index < -0.39 is 23.9 Å². The fraction of sp³-hybridized carbons (Fsp3) is 0.308. The number of carbonyl (C=O) groups is 3. The van der Waals surface area contributed by atoms with E-state index in [9.17, 15) is 14.4 Å². The highest BCUT2D eigenvalue weighted by Gasteiger charge is 2.20. The van der Waals surface area contributed by atoms with Crippen molar-refractivity contribution in [2.75, 3.05) is 11.6 Å². The summed E-state index contributed by atoms with van der Waals surface area (Å²) in [5.41, 5.74) is 5.55. The molecule has 21 heavy (non-hydrogen) atoms. The Morgan fingerprint density at radius 3 is 2.57 bits per heavy atom. The third-order valence-corrected chi connectivity index (χ3v) is 3.43. The molecule has 0 aromatic heterocycles. The maximum atomic E-state index is 11.8. The van der Waals surface area contributed by atoms with Gasteiger partial charge in [-0.05, 0) is 24.8 Å². The third-order valence-electron chi connectivity index (χ3n) is 2.64. The van der Waals surface area contributed by atoms with Crippen LogP contribution in [-0.2, 0) is 9.59 Å². The molecule has 0 saturated heterocycles. The number of para-hydroxylation sites is 1. The molecule has 0 spiro atoms. The molecule has 1 aromatic carbocycles. The molecule has 1 atom stereocenters. The fourth-order valence-corrected chi connectivity index (χ4v) is 2.16. The van der Waals surface area contributed by atoms with E-state index in [2.05, 4.69) is 10.6 Å². The highest BCUT2D eigenvalue weighted by molar-refractivity contribution is 7.98. The second kappa shape index (κ2) is 8.15. The zero-order valence-corrected chi connectivity index (χ0v) is 12.3. The van der Waals surface area contributed by atoms with E-state index in [1.165, 1.54) is 11.8 Å². The van der Waals surface area contributed by atoms with Crippen molar-refractivity contribution in [1.82, 2.24) is 5.32 Å². The number of carboxylic acid groups (broad SMARTS) is 1. The van der Waals surface area contributed by atoms with Gasteiger partial charge in [0, 0.05) is 11.3 Å². The summed E-state index contributed by atoms with van der Waals surface area (Å²) in [7, 11) is 0. The smallest absolute Gasteiger partial charge is 0.326 e. The fourth-order valence-electron chi connectivity index (χ4n) is 1.61. The summed E-state index contributed by atoms with van der Waals surface area (Å²) >= 11 is 1.46. The van der Waals surface area contributed by atoms with Crippen molar-refractivity contribution >= 4 is 35.4 Å². The summed E-state index contributed by atoms with van der Waals surface area (Å²) < 4.78 is 0. The van der Waals surface area contributed by atoms with Crippen LogP contribution in [0.1, 0.15) is 12.8 Å². The van der Waals surface area contributed by atoms with Crippen LogP contribution in [-0.4, -0.2) is 35.3 Å². The number of nitrogens with one attached hydrogen (secondary N) is 2. The molecular formula is C13H17N3O4S. The molecule has 0 aliphatic carbocycles. The predicted molar refractivity (Wildman–Crippen MR) is 80.2 cm³/mol. The SMILES string of the molecule is CSc1ccccc1NC(=O)N[C@H](CCC(N)=O)C(=O)O. The number of carbonyl (C=O) groups excluding carboxylic acids is 2. The minimum atomic E-state index is -1.22. The van der Waals surface area contributed by atoms with Gasteiger partial charge in [-0.1, -0.05) is 12.1 Å². The van der Waals surface area contributed by atoms with Crippen molar-refractivity contribution in [2.24, 2.45) is 5.73 Å². The zero-order valence-electron chi connectivity index (χ0n) is 11.5. The van der Waals surface area contributed by atoms with Crippen molar-refractivity contribution in [3.05, 3.63) is 24.3 Å². The summed E-state index contributed by atoms with van der Waals surface area (Å²) in [4.78, 5) is 34.4. The lowest BCUT2D eigenvalue weighted by atomic mass is 10.1. The topological polar surface area (TPSA) is 122 Å². The minimum absolute atomic E-state index is 0.0533. The molecule has 3 amide bonds. The number of aliphatic carboxylic acids is 1. The number of amides is 3. The molecule has 5 N–H and O–H groups in total. The number of carboxylic acids is 1. The van der Waals surface area contributed by atoms with E-state index in [-0.39, 0.29) is 12.8 Å². The largest absolute Gasteiger partial charge is 0.480 e. The van der Waals surface area contributed by atoms with Crippen molar-refractivity contribution in [1.29, 1.82) is 0 Å². The second-order valence-electron chi connectivity index (χ2n) is 4.19. The first-order chi connectivity index (χ1) is 9.93. The first-order valence-corrected chi connectivity index (χ1v) is 7.38. The van der Waals surface area contributed by atoms with Crippen molar-refractivity contribution in [3.8, 4) is 0 Å². The molecule has 0 radical (unpaired) electrons. The van der Waals surface area contributed by atoms with Gasteiger partial charge >= 0.3 is 12.0 Å². The highest BCUT2D eigenvalue weighted by Crippen LogP contribution is 2.24. The summed E-state index contributed by atoms with van der Waals surface area (Å²) in [5.74, 6) is -1.83. The van der Waals surface area contributed by atoms with Crippen LogP contribution in [0.4, 0.5) is 10.5 Å². The number of nitrogens with two attached hydrogens (primary N) is 1. The normalized spacial score (nSPS) is 11.5. The van der Waals surface area contributed by atoms with Crippen LogP contribution in [0.25, 0.3) is 0 Å². The Labute approximate surface area is 126 Å². The van der Waals surface area contributed by atoms with Crippen LogP contribution >= 0.6 is 11.8 Å². The van der Waals surface area contributed by atoms with Crippen LogP contribution in [0.3, 0.4) is 0 Å². The van der Waals surface area contributed by atoms with E-state index >= 15 is 0 Å². The van der Waals surface area contributed by atoms with E-state index in [1.807, 2.05) is 18.4 Å². The maximum absolute atomic E-state index is 11.8. The van der Waals surface area contributed by atoms with Crippen molar-refractivity contribution in [2.45, 2.75) is 23.8 Å². The first kappa shape index (κ1) is 16.8. The number of thioether (sulfide) groups is 1. The van der Waals surface area contributed by atoms with Gasteiger partial charge in [-0.2, -0.15) is 0 Å². The molecule has 114 valence electrons. The standard InChI is InChI=1S/C13H17N3O4S/c1-21-10-5-3-2-4-8(10)15-13(20)16-9(12(18)19)6-7-11(14)17/h2-5,9H,6-7H2,1H3,(H2,14,17)(H,18,19)(H2,15,16,20)/t9-/m1/s1. The molecule has 1 rings (SSSR count). The molecule has 0 saturated carbocycles. The number of hydrogen-bond acceptors (Lipinski definition) is 4. The minimum Gasteiger partial charge on any atom is -0.480 e. The third kappa shape index (κ3) is 5.74. The highest BCUT2D eigenvalue weighted by atomic mass is 32.2. The molecular weight excluding hydrogens is 294 g/mol. The van der Waals surface area contributed by atoms with Crippen LogP contribution in [0.2, 0.25) is 0 Å². The number of primary amides is 1.